The van der Waals surface area contributed by atoms with Crippen LogP contribution in [0.4, 0.5) is 0 Å². The van der Waals surface area contributed by atoms with Crippen molar-refractivity contribution < 1.29 is 0 Å². The Labute approximate surface area is 123 Å². The molecule has 0 aromatic heterocycles. The van der Waals surface area contributed by atoms with Gasteiger partial charge < -0.3 is 10.2 Å². The molecule has 1 atom stereocenters. The zero-order chi connectivity index (χ0) is 14.1. The molecule has 1 heterocycles. The standard InChI is InChI=1S/C18H28N2/c1-13(2)20-10-8-16(9-11-20)19-18-7-6-15-5-4-14(3)12-17(15)18/h4-5,12-13,16,18-19H,6-11H2,1-3H3. The average Bonchev–Trinajstić information content (AvgIpc) is 2.82. The molecule has 20 heavy (non-hydrogen) atoms. The van der Waals surface area contributed by atoms with E-state index in [9.17, 15) is 0 Å². The Kier molecular flexibility index (Phi) is 4.13. The van der Waals surface area contributed by atoms with Crippen LogP contribution in [0, 0.1) is 6.92 Å². The third-order valence-electron chi connectivity index (χ3n) is 5.08. The summed E-state index contributed by atoms with van der Waals surface area (Å²) < 4.78 is 0. The third-order valence-corrected chi connectivity index (χ3v) is 5.08. The van der Waals surface area contributed by atoms with E-state index >= 15 is 0 Å². The first-order chi connectivity index (χ1) is 9.63. The largest absolute Gasteiger partial charge is 0.307 e. The van der Waals surface area contributed by atoms with E-state index in [0.717, 1.165) is 0 Å². The number of benzene rings is 1. The lowest BCUT2D eigenvalue weighted by Crippen LogP contribution is -2.45. The number of rotatable bonds is 3. The molecule has 1 saturated heterocycles. The van der Waals surface area contributed by atoms with E-state index in [0.29, 0.717) is 18.1 Å². The number of fused-ring (bicyclic) bond motifs is 1. The normalized spacial score (nSPS) is 24.3. The van der Waals surface area contributed by atoms with Crippen molar-refractivity contribution in [1.82, 2.24) is 10.2 Å². The van der Waals surface area contributed by atoms with Crippen LogP contribution in [0.5, 0.6) is 0 Å². The van der Waals surface area contributed by atoms with Crippen LogP contribution in [0.15, 0.2) is 18.2 Å². The lowest BCUT2D eigenvalue weighted by atomic mass is 10.00. The van der Waals surface area contributed by atoms with E-state index in [1.165, 1.54) is 44.3 Å². The van der Waals surface area contributed by atoms with Crippen LogP contribution in [-0.2, 0) is 6.42 Å². The van der Waals surface area contributed by atoms with Gasteiger partial charge in [0.15, 0.2) is 0 Å². The highest BCUT2D eigenvalue weighted by molar-refractivity contribution is 5.37. The van der Waals surface area contributed by atoms with Crippen LogP contribution < -0.4 is 5.32 Å². The van der Waals surface area contributed by atoms with Crippen LogP contribution in [0.3, 0.4) is 0 Å². The fourth-order valence-corrected chi connectivity index (χ4v) is 3.76. The molecule has 0 saturated carbocycles. The Morgan fingerprint density at radius 1 is 1.15 bits per heavy atom. The number of likely N-dealkylation sites (tertiary alicyclic amines) is 1. The molecular weight excluding hydrogens is 244 g/mol. The molecule has 0 amide bonds. The van der Waals surface area contributed by atoms with Crippen LogP contribution in [0.2, 0.25) is 0 Å². The molecule has 2 aliphatic rings. The van der Waals surface area contributed by atoms with Gasteiger partial charge in [-0.1, -0.05) is 23.8 Å². The van der Waals surface area contributed by atoms with Gasteiger partial charge in [-0.2, -0.15) is 0 Å². The molecule has 0 radical (unpaired) electrons. The molecule has 0 bridgehead atoms. The topological polar surface area (TPSA) is 15.3 Å². The van der Waals surface area contributed by atoms with Gasteiger partial charge in [-0.3, -0.25) is 0 Å². The Morgan fingerprint density at radius 2 is 1.90 bits per heavy atom. The lowest BCUT2D eigenvalue weighted by molar-refractivity contribution is 0.156. The van der Waals surface area contributed by atoms with Gasteiger partial charge in [0.2, 0.25) is 0 Å². The molecule has 3 rings (SSSR count). The number of nitrogens with one attached hydrogen (secondary N) is 1. The van der Waals surface area contributed by atoms with E-state index in [2.05, 4.69) is 49.2 Å². The van der Waals surface area contributed by atoms with E-state index < -0.39 is 0 Å². The number of piperidine rings is 1. The molecule has 2 nitrogen and oxygen atoms in total. The lowest BCUT2D eigenvalue weighted by Gasteiger charge is -2.36. The summed E-state index contributed by atoms with van der Waals surface area (Å²) in [6.45, 7) is 9.33. The summed E-state index contributed by atoms with van der Waals surface area (Å²) >= 11 is 0. The number of aryl methyl sites for hydroxylation is 2. The molecule has 110 valence electrons. The Hall–Kier alpha value is -0.860. The second-order valence-corrected chi connectivity index (χ2v) is 6.86. The zero-order valence-electron chi connectivity index (χ0n) is 13.2. The van der Waals surface area contributed by atoms with Crippen molar-refractivity contribution in [2.24, 2.45) is 0 Å². The van der Waals surface area contributed by atoms with Crippen molar-refractivity contribution in [2.75, 3.05) is 13.1 Å². The molecule has 1 aliphatic heterocycles. The molecule has 1 fully saturated rings. The number of nitrogens with zero attached hydrogens (tertiary/aromatic N) is 1. The molecule has 1 aromatic carbocycles. The van der Waals surface area contributed by atoms with Crippen LogP contribution >= 0.6 is 0 Å². The fourth-order valence-electron chi connectivity index (χ4n) is 3.76. The molecule has 2 heteroatoms. The maximum absolute atomic E-state index is 3.93. The number of hydrogen-bond donors (Lipinski definition) is 1. The van der Waals surface area contributed by atoms with Crippen molar-refractivity contribution in [2.45, 2.75) is 64.6 Å². The van der Waals surface area contributed by atoms with Gasteiger partial charge in [0.05, 0.1) is 0 Å². The molecule has 1 aromatic rings. The average molecular weight is 272 g/mol. The predicted molar refractivity (Wildman–Crippen MR) is 85.1 cm³/mol. The van der Waals surface area contributed by atoms with Crippen LogP contribution in [-0.4, -0.2) is 30.1 Å². The molecule has 1 unspecified atom stereocenters. The highest BCUT2D eigenvalue weighted by Gasteiger charge is 2.27. The molecular formula is C18H28N2. The van der Waals surface area contributed by atoms with Crippen molar-refractivity contribution in [3.63, 3.8) is 0 Å². The van der Waals surface area contributed by atoms with E-state index in [-0.39, 0.29) is 0 Å². The number of hydrogen-bond acceptors (Lipinski definition) is 2. The minimum Gasteiger partial charge on any atom is -0.307 e. The van der Waals surface area contributed by atoms with Gasteiger partial charge in [-0.25, -0.2) is 0 Å². The van der Waals surface area contributed by atoms with E-state index in [1.54, 1.807) is 11.1 Å². The summed E-state index contributed by atoms with van der Waals surface area (Å²) in [5, 5.41) is 3.93. The maximum Gasteiger partial charge on any atom is 0.0328 e. The first-order valence-electron chi connectivity index (χ1n) is 8.23. The summed E-state index contributed by atoms with van der Waals surface area (Å²) in [6.07, 6.45) is 5.13. The summed E-state index contributed by atoms with van der Waals surface area (Å²) in [7, 11) is 0. The summed E-state index contributed by atoms with van der Waals surface area (Å²) in [5.41, 5.74) is 4.52. The van der Waals surface area contributed by atoms with Crippen LogP contribution in [0.25, 0.3) is 0 Å². The maximum atomic E-state index is 3.93. The third kappa shape index (κ3) is 2.91. The second-order valence-electron chi connectivity index (χ2n) is 6.86. The van der Waals surface area contributed by atoms with Crippen molar-refractivity contribution >= 4 is 0 Å². The summed E-state index contributed by atoms with van der Waals surface area (Å²) in [6, 6.07) is 8.98. The van der Waals surface area contributed by atoms with Crippen LogP contribution in [0.1, 0.15) is 55.8 Å². The molecule has 1 aliphatic carbocycles. The van der Waals surface area contributed by atoms with Crippen molar-refractivity contribution in [1.29, 1.82) is 0 Å². The SMILES string of the molecule is Cc1ccc2c(c1)C(NC1CCN(C(C)C)CC1)CC2. The minimum atomic E-state index is 0.598. The van der Waals surface area contributed by atoms with Crippen molar-refractivity contribution in [3.05, 3.63) is 34.9 Å². The highest BCUT2D eigenvalue weighted by Crippen LogP contribution is 2.32. The molecule has 1 N–H and O–H groups in total. The minimum absolute atomic E-state index is 0.598. The van der Waals surface area contributed by atoms with E-state index in [4.69, 9.17) is 0 Å². The van der Waals surface area contributed by atoms with Gasteiger partial charge in [0.1, 0.15) is 0 Å². The van der Waals surface area contributed by atoms with Gasteiger partial charge in [-0.15, -0.1) is 0 Å². The quantitative estimate of drug-likeness (QED) is 0.906. The van der Waals surface area contributed by atoms with Gasteiger partial charge in [0.25, 0.3) is 0 Å². The first kappa shape index (κ1) is 14.1. The first-order valence-corrected chi connectivity index (χ1v) is 8.23. The monoisotopic (exact) mass is 272 g/mol. The fraction of sp³-hybridized carbons (Fsp3) is 0.667. The van der Waals surface area contributed by atoms with Gasteiger partial charge in [0, 0.05) is 18.1 Å². The predicted octanol–water partition coefficient (Wildman–Crippen LogP) is 3.44. The Bertz CT molecular complexity index is 458. The molecule has 0 spiro atoms. The van der Waals surface area contributed by atoms with E-state index in [1.807, 2.05) is 0 Å². The second kappa shape index (κ2) is 5.87. The summed E-state index contributed by atoms with van der Waals surface area (Å²) in [4.78, 5) is 2.60. The Balaban J connectivity index is 1.60. The van der Waals surface area contributed by atoms with Gasteiger partial charge >= 0.3 is 0 Å². The summed E-state index contributed by atoms with van der Waals surface area (Å²) in [5.74, 6) is 0. The smallest absolute Gasteiger partial charge is 0.0328 e. The zero-order valence-corrected chi connectivity index (χ0v) is 13.2. The Morgan fingerprint density at radius 3 is 2.60 bits per heavy atom. The van der Waals surface area contributed by atoms with Gasteiger partial charge in [-0.05, 0) is 70.7 Å². The van der Waals surface area contributed by atoms with Crippen molar-refractivity contribution in [3.8, 4) is 0 Å². The highest BCUT2D eigenvalue weighted by atomic mass is 15.2.